The minimum atomic E-state index is -1.02. The first-order chi connectivity index (χ1) is 20.4. The maximum atomic E-state index is 14.2. The van der Waals surface area contributed by atoms with Crippen molar-refractivity contribution in [2.45, 2.75) is 62.2 Å². The van der Waals surface area contributed by atoms with Gasteiger partial charge < -0.3 is 9.47 Å². The highest BCUT2D eigenvalue weighted by Crippen LogP contribution is 2.52. The van der Waals surface area contributed by atoms with E-state index in [0.29, 0.717) is 5.56 Å². The second kappa shape index (κ2) is 13.1. The van der Waals surface area contributed by atoms with Crippen LogP contribution in [0, 0.1) is 17.8 Å². The van der Waals surface area contributed by atoms with Crippen molar-refractivity contribution < 1.29 is 28.7 Å². The highest BCUT2D eigenvalue weighted by Gasteiger charge is 2.49. The first kappa shape index (κ1) is 29.8. The largest absolute Gasteiger partial charge is 0.465 e. The number of fused-ring (bicyclic) bond motifs is 2. The summed E-state index contributed by atoms with van der Waals surface area (Å²) in [7, 11) is 0. The van der Waals surface area contributed by atoms with Gasteiger partial charge in [0, 0.05) is 27.2 Å². The van der Waals surface area contributed by atoms with Crippen LogP contribution in [0.1, 0.15) is 72.1 Å². The molecule has 42 heavy (non-hydrogen) atoms. The fourth-order valence-corrected chi connectivity index (χ4v) is 7.30. The summed E-state index contributed by atoms with van der Waals surface area (Å²) in [5, 5.41) is 0. The van der Waals surface area contributed by atoms with Crippen LogP contribution in [0.15, 0.2) is 76.5 Å². The molecule has 0 aromatic heterocycles. The predicted molar refractivity (Wildman–Crippen MR) is 161 cm³/mol. The van der Waals surface area contributed by atoms with Crippen LogP contribution < -0.4 is 0 Å². The molecule has 0 amide bonds. The molecule has 1 aliphatic carbocycles. The lowest BCUT2D eigenvalue weighted by Crippen LogP contribution is -2.44. The van der Waals surface area contributed by atoms with Crippen molar-refractivity contribution in [1.29, 1.82) is 0 Å². The maximum Gasteiger partial charge on any atom is 0.317 e. The smallest absolute Gasteiger partial charge is 0.317 e. The van der Waals surface area contributed by atoms with Crippen molar-refractivity contribution in [3.8, 4) is 0 Å². The highest BCUT2D eigenvalue weighted by molar-refractivity contribution is 7.99. The fourth-order valence-electron chi connectivity index (χ4n) is 5.98. The van der Waals surface area contributed by atoms with Crippen LogP contribution in [0.2, 0.25) is 0 Å². The number of carbonyl (C=O) groups excluding carboxylic acids is 4. The molecule has 1 heterocycles. The number of hydrogen-bond donors (Lipinski definition) is 0. The van der Waals surface area contributed by atoms with Crippen LogP contribution >= 0.6 is 11.8 Å². The van der Waals surface area contributed by atoms with E-state index < -0.39 is 35.6 Å². The number of ether oxygens (including phenoxy) is 2. The van der Waals surface area contributed by atoms with Crippen LogP contribution in [0.25, 0.3) is 0 Å². The van der Waals surface area contributed by atoms with E-state index in [1.54, 1.807) is 43.0 Å². The van der Waals surface area contributed by atoms with E-state index >= 15 is 0 Å². The molecule has 5 rings (SSSR count). The normalized spacial score (nSPS) is 19.5. The molecule has 218 valence electrons. The summed E-state index contributed by atoms with van der Waals surface area (Å²) in [6.45, 7) is 5.81. The molecule has 7 heteroatoms. The summed E-state index contributed by atoms with van der Waals surface area (Å²) in [4.78, 5) is 55.0. The van der Waals surface area contributed by atoms with Gasteiger partial charge in [-0.2, -0.15) is 0 Å². The summed E-state index contributed by atoms with van der Waals surface area (Å²) < 4.78 is 10.8. The molecule has 6 nitrogen and oxygen atoms in total. The Bertz CT molecular complexity index is 1490. The second-order valence-corrected chi connectivity index (χ2v) is 11.9. The molecular weight excluding hydrogens is 548 g/mol. The van der Waals surface area contributed by atoms with Gasteiger partial charge in [-0.1, -0.05) is 86.3 Å². The molecule has 0 spiro atoms. The van der Waals surface area contributed by atoms with Crippen LogP contribution in [0.5, 0.6) is 0 Å². The number of ketones is 2. The molecular formula is C35H36O6S. The van der Waals surface area contributed by atoms with E-state index in [1.807, 2.05) is 30.3 Å². The topological polar surface area (TPSA) is 86.7 Å². The fraction of sp³-hybridized carbons (Fsp3) is 0.371. The zero-order valence-electron chi connectivity index (χ0n) is 24.3. The Kier molecular flexibility index (Phi) is 9.27. The number of hydrogen-bond acceptors (Lipinski definition) is 7. The monoisotopic (exact) mass is 584 g/mol. The van der Waals surface area contributed by atoms with E-state index in [2.05, 4.69) is 26.0 Å². The Labute approximate surface area is 251 Å². The zero-order valence-corrected chi connectivity index (χ0v) is 25.1. The number of Topliss-reactive ketones (excluding diaryl/α,β-unsaturated/α-hetero) is 2. The average molecular weight is 585 g/mol. The SMILES string of the molecule is CCOC(=O)C(C(=O)C1CC(C(=O)OCC(=O)c2ccccc2)C1)C1c2ccccc2Sc2c(CC)cc(CC)cc21. The Morgan fingerprint density at radius 1 is 0.833 bits per heavy atom. The van der Waals surface area contributed by atoms with Gasteiger partial charge >= 0.3 is 11.9 Å². The Hall–Kier alpha value is -3.71. The van der Waals surface area contributed by atoms with Gasteiger partial charge in [0.2, 0.25) is 0 Å². The van der Waals surface area contributed by atoms with Gasteiger partial charge in [0.15, 0.2) is 18.2 Å². The second-order valence-electron chi connectivity index (χ2n) is 10.9. The van der Waals surface area contributed by atoms with Crippen LogP contribution in [-0.2, 0) is 36.7 Å². The lowest BCUT2D eigenvalue weighted by molar-refractivity contribution is -0.157. The summed E-state index contributed by atoms with van der Waals surface area (Å²) in [6, 6.07) is 21.0. The standard InChI is InChI=1S/C35H36O6S/c1-4-21-16-22(5-2)33-27(17-21)30(26-14-10-11-15-29(26)42-33)31(35(39)40-6-3)32(37)24-18-25(19-24)34(38)41-20-28(36)23-12-8-7-9-13-23/h7-17,24-25,30-31H,4-6,18-20H2,1-3H3. The van der Waals surface area contributed by atoms with Crippen molar-refractivity contribution in [3.05, 3.63) is 94.5 Å². The van der Waals surface area contributed by atoms with Gasteiger partial charge in [-0.15, -0.1) is 0 Å². The third kappa shape index (κ3) is 5.93. The van der Waals surface area contributed by atoms with E-state index in [1.165, 1.54) is 11.1 Å². The molecule has 3 aromatic carbocycles. The first-order valence-corrected chi connectivity index (χ1v) is 15.5. The van der Waals surface area contributed by atoms with Gasteiger partial charge in [0.25, 0.3) is 0 Å². The molecule has 1 fully saturated rings. The molecule has 2 atom stereocenters. The number of benzene rings is 3. The summed E-state index contributed by atoms with van der Waals surface area (Å²) in [6.07, 6.45) is 2.27. The van der Waals surface area contributed by atoms with Gasteiger partial charge in [-0.3, -0.25) is 19.2 Å². The molecule has 2 unspecified atom stereocenters. The van der Waals surface area contributed by atoms with Crippen molar-refractivity contribution in [1.82, 2.24) is 0 Å². The lowest BCUT2D eigenvalue weighted by Gasteiger charge is -2.38. The molecule has 3 aromatic rings. The molecule has 1 aliphatic heterocycles. The minimum absolute atomic E-state index is 0.170. The quantitative estimate of drug-likeness (QED) is 0.142. The van der Waals surface area contributed by atoms with Crippen molar-refractivity contribution >= 4 is 35.3 Å². The minimum Gasteiger partial charge on any atom is -0.465 e. The van der Waals surface area contributed by atoms with E-state index in [0.717, 1.165) is 33.8 Å². The van der Waals surface area contributed by atoms with Gasteiger partial charge in [-0.25, -0.2) is 0 Å². The third-order valence-electron chi connectivity index (χ3n) is 8.34. The summed E-state index contributed by atoms with van der Waals surface area (Å²) in [5.74, 6) is -3.93. The number of esters is 2. The van der Waals surface area contributed by atoms with Crippen LogP contribution in [-0.4, -0.2) is 36.7 Å². The van der Waals surface area contributed by atoms with Gasteiger partial charge in [0.05, 0.1) is 12.5 Å². The third-order valence-corrected chi connectivity index (χ3v) is 9.63. The lowest BCUT2D eigenvalue weighted by atomic mass is 9.66. The van der Waals surface area contributed by atoms with Gasteiger partial charge in [-0.05, 0) is 60.9 Å². The zero-order chi connectivity index (χ0) is 29.8. The van der Waals surface area contributed by atoms with Crippen molar-refractivity contribution in [2.75, 3.05) is 13.2 Å². The number of aryl methyl sites for hydroxylation is 2. The summed E-state index contributed by atoms with van der Waals surface area (Å²) >= 11 is 1.70. The summed E-state index contributed by atoms with van der Waals surface area (Å²) in [5.41, 5.74) is 4.80. The Balaban J connectivity index is 1.39. The Morgan fingerprint density at radius 3 is 2.24 bits per heavy atom. The van der Waals surface area contributed by atoms with Gasteiger partial charge in [0.1, 0.15) is 5.92 Å². The molecule has 2 aliphatic rings. The van der Waals surface area contributed by atoms with Crippen LogP contribution in [0.4, 0.5) is 0 Å². The Morgan fingerprint density at radius 2 is 1.55 bits per heavy atom. The number of carbonyl (C=O) groups is 4. The van der Waals surface area contributed by atoms with E-state index in [-0.39, 0.29) is 37.6 Å². The molecule has 0 radical (unpaired) electrons. The predicted octanol–water partition coefficient (Wildman–Crippen LogP) is 6.61. The molecule has 0 bridgehead atoms. The van der Waals surface area contributed by atoms with Crippen molar-refractivity contribution in [3.63, 3.8) is 0 Å². The molecule has 0 N–H and O–H groups in total. The van der Waals surface area contributed by atoms with E-state index in [9.17, 15) is 19.2 Å². The molecule has 0 saturated heterocycles. The van der Waals surface area contributed by atoms with E-state index in [4.69, 9.17) is 9.47 Å². The highest BCUT2D eigenvalue weighted by atomic mass is 32.2. The number of rotatable bonds is 11. The average Bonchev–Trinajstić information content (AvgIpc) is 2.99. The first-order valence-electron chi connectivity index (χ1n) is 14.7. The van der Waals surface area contributed by atoms with Crippen molar-refractivity contribution in [2.24, 2.45) is 17.8 Å². The maximum absolute atomic E-state index is 14.2. The molecule has 1 saturated carbocycles. The van der Waals surface area contributed by atoms with Crippen LogP contribution in [0.3, 0.4) is 0 Å².